The number of nitrogens with zero attached hydrogens (tertiary/aromatic N) is 1. The zero-order valence-electron chi connectivity index (χ0n) is 10.7. The highest BCUT2D eigenvalue weighted by atomic mass is 79.9. The molecular formula is C12H15BrN2O4S. The van der Waals surface area contributed by atoms with Gasteiger partial charge in [-0.1, -0.05) is 15.9 Å². The SMILES string of the molecule is O=[N+]([O-])c1ccc(CNCC2CCCS2(=O)=O)c(Br)c1. The first-order chi connectivity index (χ1) is 9.40. The van der Waals surface area contributed by atoms with Gasteiger partial charge < -0.3 is 5.32 Å². The molecule has 6 nitrogen and oxygen atoms in total. The van der Waals surface area contributed by atoms with Crippen LogP contribution in [0.25, 0.3) is 0 Å². The van der Waals surface area contributed by atoms with Crippen LogP contribution >= 0.6 is 15.9 Å². The van der Waals surface area contributed by atoms with E-state index in [-0.39, 0.29) is 16.7 Å². The molecule has 0 saturated carbocycles. The molecule has 20 heavy (non-hydrogen) atoms. The van der Waals surface area contributed by atoms with Crippen molar-refractivity contribution in [1.29, 1.82) is 0 Å². The molecule has 1 N–H and O–H groups in total. The van der Waals surface area contributed by atoms with Crippen molar-refractivity contribution in [3.8, 4) is 0 Å². The molecule has 1 atom stereocenters. The van der Waals surface area contributed by atoms with Gasteiger partial charge in [0, 0.05) is 29.7 Å². The number of nitro benzene ring substituents is 1. The van der Waals surface area contributed by atoms with Crippen LogP contribution in [0.5, 0.6) is 0 Å². The normalized spacial score (nSPS) is 20.9. The van der Waals surface area contributed by atoms with Crippen molar-refractivity contribution in [3.63, 3.8) is 0 Å². The predicted octanol–water partition coefficient (Wildman–Crippen LogP) is 2.02. The Hall–Kier alpha value is -0.990. The highest BCUT2D eigenvalue weighted by molar-refractivity contribution is 9.10. The van der Waals surface area contributed by atoms with Crippen LogP contribution in [0.1, 0.15) is 18.4 Å². The number of nitro groups is 1. The average molecular weight is 363 g/mol. The molecule has 0 amide bonds. The summed E-state index contributed by atoms with van der Waals surface area (Å²) in [6.45, 7) is 0.899. The molecule has 0 aliphatic carbocycles. The summed E-state index contributed by atoms with van der Waals surface area (Å²) in [6.07, 6.45) is 1.44. The summed E-state index contributed by atoms with van der Waals surface area (Å²) in [4.78, 5) is 10.2. The van der Waals surface area contributed by atoms with Gasteiger partial charge in [0.05, 0.1) is 15.9 Å². The highest BCUT2D eigenvalue weighted by Crippen LogP contribution is 2.23. The molecule has 1 fully saturated rings. The summed E-state index contributed by atoms with van der Waals surface area (Å²) in [5.74, 6) is 0.278. The topological polar surface area (TPSA) is 89.3 Å². The van der Waals surface area contributed by atoms with Gasteiger partial charge >= 0.3 is 0 Å². The molecule has 1 aliphatic rings. The van der Waals surface area contributed by atoms with E-state index in [9.17, 15) is 18.5 Å². The summed E-state index contributed by atoms with van der Waals surface area (Å²) in [6, 6.07) is 4.55. The van der Waals surface area contributed by atoms with Crippen molar-refractivity contribution in [1.82, 2.24) is 5.32 Å². The fourth-order valence-electron chi connectivity index (χ4n) is 2.25. The van der Waals surface area contributed by atoms with Crippen molar-refractivity contribution in [2.24, 2.45) is 0 Å². The maximum atomic E-state index is 11.7. The van der Waals surface area contributed by atoms with Crippen LogP contribution in [0.2, 0.25) is 0 Å². The molecule has 2 rings (SSSR count). The lowest BCUT2D eigenvalue weighted by Crippen LogP contribution is -2.30. The smallest absolute Gasteiger partial charge is 0.270 e. The second-order valence-electron chi connectivity index (χ2n) is 4.79. The van der Waals surface area contributed by atoms with Crippen molar-refractivity contribution >= 4 is 31.5 Å². The van der Waals surface area contributed by atoms with Gasteiger partial charge in [-0.25, -0.2) is 8.42 Å². The molecule has 1 aromatic carbocycles. The Morgan fingerprint density at radius 2 is 2.20 bits per heavy atom. The Balaban J connectivity index is 1.93. The molecule has 110 valence electrons. The first-order valence-electron chi connectivity index (χ1n) is 6.25. The number of sulfone groups is 1. The maximum Gasteiger partial charge on any atom is 0.270 e. The summed E-state index contributed by atoms with van der Waals surface area (Å²) < 4.78 is 24.0. The van der Waals surface area contributed by atoms with E-state index in [2.05, 4.69) is 21.2 Å². The van der Waals surface area contributed by atoms with Crippen LogP contribution in [0.4, 0.5) is 5.69 Å². The van der Waals surface area contributed by atoms with Gasteiger partial charge in [-0.3, -0.25) is 10.1 Å². The second kappa shape index (κ2) is 6.19. The number of rotatable bonds is 5. The molecule has 1 aliphatic heterocycles. The van der Waals surface area contributed by atoms with Crippen molar-refractivity contribution < 1.29 is 13.3 Å². The fraction of sp³-hybridized carbons (Fsp3) is 0.500. The molecule has 1 unspecified atom stereocenters. The third-order valence-electron chi connectivity index (χ3n) is 3.40. The van der Waals surface area contributed by atoms with Gasteiger partial charge in [-0.05, 0) is 24.5 Å². The first-order valence-corrected chi connectivity index (χ1v) is 8.76. The largest absolute Gasteiger partial charge is 0.311 e. The molecular weight excluding hydrogens is 348 g/mol. The predicted molar refractivity (Wildman–Crippen MR) is 79.3 cm³/mol. The average Bonchev–Trinajstić information content (AvgIpc) is 2.70. The number of hydrogen-bond acceptors (Lipinski definition) is 5. The Bertz CT molecular complexity index is 618. The summed E-state index contributed by atoms with van der Waals surface area (Å²) >= 11 is 3.29. The third kappa shape index (κ3) is 3.56. The molecule has 1 saturated heterocycles. The zero-order valence-corrected chi connectivity index (χ0v) is 13.1. The Labute approximate surface area is 125 Å². The monoisotopic (exact) mass is 362 g/mol. The Morgan fingerprint density at radius 3 is 2.75 bits per heavy atom. The van der Waals surface area contributed by atoms with E-state index >= 15 is 0 Å². The van der Waals surface area contributed by atoms with E-state index in [4.69, 9.17) is 0 Å². The van der Waals surface area contributed by atoms with E-state index in [1.54, 1.807) is 6.07 Å². The van der Waals surface area contributed by atoms with Gasteiger partial charge in [0.15, 0.2) is 9.84 Å². The lowest BCUT2D eigenvalue weighted by atomic mass is 10.2. The molecule has 0 bridgehead atoms. The van der Waals surface area contributed by atoms with Gasteiger partial charge in [0.2, 0.25) is 0 Å². The highest BCUT2D eigenvalue weighted by Gasteiger charge is 2.30. The van der Waals surface area contributed by atoms with Crippen molar-refractivity contribution in [2.75, 3.05) is 12.3 Å². The van der Waals surface area contributed by atoms with Gasteiger partial charge in [-0.2, -0.15) is 0 Å². The number of nitrogens with one attached hydrogen (secondary N) is 1. The molecule has 1 heterocycles. The van der Waals surface area contributed by atoms with Crippen molar-refractivity contribution in [2.45, 2.75) is 24.6 Å². The lowest BCUT2D eigenvalue weighted by Gasteiger charge is -2.11. The quantitative estimate of drug-likeness (QED) is 0.639. The molecule has 0 spiro atoms. The molecule has 0 radical (unpaired) electrons. The van der Waals surface area contributed by atoms with E-state index in [1.165, 1.54) is 12.1 Å². The molecule has 0 aromatic heterocycles. The van der Waals surface area contributed by atoms with E-state index < -0.39 is 14.8 Å². The summed E-state index contributed by atoms with van der Waals surface area (Å²) in [5, 5.41) is 13.4. The van der Waals surface area contributed by atoms with E-state index in [1.807, 2.05) is 0 Å². The van der Waals surface area contributed by atoms with Crippen LogP contribution in [0.3, 0.4) is 0 Å². The number of halogens is 1. The first kappa shape index (κ1) is 15.4. The second-order valence-corrected chi connectivity index (χ2v) is 8.05. The number of benzene rings is 1. The fourth-order valence-corrected chi connectivity index (χ4v) is 4.56. The standard InChI is InChI=1S/C12H15BrN2O4S/c13-12-6-10(15(16)17)4-3-9(12)7-14-8-11-2-1-5-20(11,18)19/h3-4,6,11,14H,1-2,5,7-8H2. The maximum absolute atomic E-state index is 11.7. The number of hydrogen-bond donors (Lipinski definition) is 1. The Kier molecular flexibility index (Phi) is 4.77. The van der Waals surface area contributed by atoms with Gasteiger partial charge in [0.25, 0.3) is 5.69 Å². The van der Waals surface area contributed by atoms with E-state index in [0.717, 1.165) is 12.0 Å². The Morgan fingerprint density at radius 1 is 1.45 bits per heavy atom. The molecule has 1 aromatic rings. The van der Waals surface area contributed by atoms with Gasteiger partial charge in [0.1, 0.15) is 0 Å². The summed E-state index contributed by atoms with van der Waals surface area (Å²) in [7, 11) is -2.93. The van der Waals surface area contributed by atoms with Crippen LogP contribution in [0, 0.1) is 10.1 Å². The third-order valence-corrected chi connectivity index (χ3v) is 6.41. The number of non-ortho nitro benzene ring substituents is 1. The summed E-state index contributed by atoms with van der Waals surface area (Å²) in [5.41, 5.74) is 0.894. The minimum absolute atomic E-state index is 0.0268. The minimum atomic E-state index is -2.93. The van der Waals surface area contributed by atoms with E-state index in [0.29, 0.717) is 24.0 Å². The van der Waals surface area contributed by atoms with Crippen LogP contribution in [0.15, 0.2) is 22.7 Å². The lowest BCUT2D eigenvalue weighted by molar-refractivity contribution is -0.384. The minimum Gasteiger partial charge on any atom is -0.311 e. The van der Waals surface area contributed by atoms with Crippen LogP contribution in [-0.2, 0) is 16.4 Å². The van der Waals surface area contributed by atoms with Crippen LogP contribution < -0.4 is 5.32 Å². The van der Waals surface area contributed by atoms with Crippen LogP contribution in [-0.4, -0.2) is 30.9 Å². The van der Waals surface area contributed by atoms with Crippen molar-refractivity contribution in [3.05, 3.63) is 38.3 Å². The van der Waals surface area contributed by atoms with Gasteiger partial charge in [-0.15, -0.1) is 0 Å². The molecule has 8 heteroatoms. The zero-order chi connectivity index (χ0) is 14.8.